The lowest BCUT2D eigenvalue weighted by Gasteiger charge is -2.31. The zero-order chi connectivity index (χ0) is 15.8. The van der Waals surface area contributed by atoms with Crippen molar-refractivity contribution >= 4 is 16.9 Å². The molecular weight excluding hydrogens is 286 g/mol. The third-order valence-corrected chi connectivity index (χ3v) is 4.55. The first-order chi connectivity index (χ1) is 11.2. The molecule has 1 fully saturated rings. The third kappa shape index (κ3) is 2.56. The molecule has 1 aliphatic heterocycles. The molecule has 0 spiro atoms. The number of rotatable bonds is 2. The zero-order valence-corrected chi connectivity index (χ0v) is 13.6. The van der Waals surface area contributed by atoms with Gasteiger partial charge in [-0.05, 0) is 43.4 Å². The molecule has 0 radical (unpaired) electrons. The summed E-state index contributed by atoms with van der Waals surface area (Å²) >= 11 is 0. The van der Waals surface area contributed by atoms with E-state index in [2.05, 4.69) is 52.0 Å². The lowest BCUT2D eigenvalue weighted by molar-refractivity contribution is 0.445. The first-order valence-electron chi connectivity index (χ1n) is 8.23. The molecule has 5 nitrogen and oxygen atoms in total. The quantitative estimate of drug-likeness (QED) is 0.728. The molecule has 1 aromatic carbocycles. The fourth-order valence-corrected chi connectivity index (χ4v) is 3.41. The SMILES string of the molecule is Cc1cccc(-n2ncc3c(N4CCC[C@H](C)C4)ncnc32)c1. The van der Waals surface area contributed by atoms with Gasteiger partial charge in [-0.3, -0.25) is 0 Å². The van der Waals surface area contributed by atoms with Crippen LogP contribution in [0.3, 0.4) is 0 Å². The Hall–Kier alpha value is -2.43. The average molecular weight is 307 g/mol. The molecule has 0 unspecified atom stereocenters. The maximum atomic E-state index is 4.57. The Morgan fingerprint density at radius 1 is 1.22 bits per heavy atom. The molecule has 0 saturated carbocycles. The minimum atomic E-state index is 0.709. The maximum Gasteiger partial charge on any atom is 0.168 e. The lowest BCUT2D eigenvalue weighted by Crippen LogP contribution is -2.34. The summed E-state index contributed by atoms with van der Waals surface area (Å²) in [4.78, 5) is 11.4. The minimum Gasteiger partial charge on any atom is -0.356 e. The van der Waals surface area contributed by atoms with Crippen LogP contribution in [0.15, 0.2) is 36.8 Å². The Morgan fingerprint density at radius 2 is 2.13 bits per heavy atom. The van der Waals surface area contributed by atoms with Gasteiger partial charge in [-0.25, -0.2) is 14.6 Å². The number of aryl methyl sites for hydroxylation is 1. The van der Waals surface area contributed by atoms with Crippen molar-refractivity contribution in [1.82, 2.24) is 19.7 Å². The molecule has 1 aliphatic rings. The largest absolute Gasteiger partial charge is 0.356 e. The van der Waals surface area contributed by atoms with Crippen LogP contribution in [0.4, 0.5) is 5.82 Å². The molecule has 0 bridgehead atoms. The molecule has 1 saturated heterocycles. The van der Waals surface area contributed by atoms with Crippen LogP contribution in [0.1, 0.15) is 25.3 Å². The molecule has 3 heterocycles. The molecular formula is C18H21N5. The summed E-state index contributed by atoms with van der Waals surface area (Å²) in [6.45, 7) is 6.51. The van der Waals surface area contributed by atoms with Gasteiger partial charge in [0.15, 0.2) is 5.65 Å². The predicted octanol–water partition coefficient (Wildman–Crippen LogP) is 3.36. The Labute approximate surface area is 136 Å². The van der Waals surface area contributed by atoms with Crippen molar-refractivity contribution in [2.24, 2.45) is 5.92 Å². The summed E-state index contributed by atoms with van der Waals surface area (Å²) in [5.41, 5.74) is 3.13. The Kier molecular flexibility index (Phi) is 3.48. The molecule has 118 valence electrons. The first kappa shape index (κ1) is 14.2. The van der Waals surface area contributed by atoms with E-state index in [4.69, 9.17) is 0 Å². The summed E-state index contributed by atoms with van der Waals surface area (Å²) in [6, 6.07) is 8.32. The number of nitrogens with zero attached hydrogens (tertiary/aromatic N) is 5. The molecule has 0 N–H and O–H groups in total. The number of anilines is 1. The van der Waals surface area contributed by atoms with E-state index in [1.54, 1.807) is 6.33 Å². The van der Waals surface area contributed by atoms with Crippen molar-refractivity contribution in [3.8, 4) is 5.69 Å². The van der Waals surface area contributed by atoms with Gasteiger partial charge in [-0.1, -0.05) is 19.1 Å². The number of piperidine rings is 1. The molecule has 2 aromatic heterocycles. The van der Waals surface area contributed by atoms with Gasteiger partial charge in [0.05, 0.1) is 17.3 Å². The zero-order valence-electron chi connectivity index (χ0n) is 13.6. The van der Waals surface area contributed by atoms with Gasteiger partial charge >= 0.3 is 0 Å². The monoisotopic (exact) mass is 307 g/mol. The van der Waals surface area contributed by atoms with E-state index in [1.807, 2.05) is 16.9 Å². The standard InChI is InChI=1S/C18H21N5/c1-13-5-3-7-15(9-13)23-18-16(10-21-23)17(19-12-20-18)22-8-4-6-14(2)11-22/h3,5,7,9-10,12,14H,4,6,8,11H2,1-2H3/t14-/m0/s1. The van der Waals surface area contributed by atoms with Crippen molar-refractivity contribution in [3.05, 3.63) is 42.4 Å². The van der Waals surface area contributed by atoms with Gasteiger partial charge in [0.2, 0.25) is 0 Å². The van der Waals surface area contributed by atoms with E-state index in [9.17, 15) is 0 Å². The smallest absolute Gasteiger partial charge is 0.168 e. The van der Waals surface area contributed by atoms with Crippen LogP contribution < -0.4 is 4.90 Å². The second kappa shape index (κ2) is 5.65. The summed E-state index contributed by atoms with van der Waals surface area (Å²) < 4.78 is 1.90. The van der Waals surface area contributed by atoms with Crippen LogP contribution in [0.2, 0.25) is 0 Å². The van der Waals surface area contributed by atoms with Gasteiger partial charge in [-0.2, -0.15) is 5.10 Å². The van der Waals surface area contributed by atoms with E-state index >= 15 is 0 Å². The second-order valence-electron chi connectivity index (χ2n) is 6.52. The number of benzene rings is 1. The van der Waals surface area contributed by atoms with Gasteiger partial charge in [-0.15, -0.1) is 0 Å². The van der Waals surface area contributed by atoms with Gasteiger partial charge < -0.3 is 4.90 Å². The van der Waals surface area contributed by atoms with E-state index in [0.29, 0.717) is 5.92 Å². The molecule has 1 atom stereocenters. The van der Waals surface area contributed by atoms with Gasteiger partial charge in [0.25, 0.3) is 0 Å². The highest BCUT2D eigenvalue weighted by atomic mass is 15.3. The highest BCUT2D eigenvalue weighted by Gasteiger charge is 2.21. The maximum absolute atomic E-state index is 4.57. The topological polar surface area (TPSA) is 46.8 Å². The van der Waals surface area contributed by atoms with Crippen LogP contribution >= 0.6 is 0 Å². The molecule has 23 heavy (non-hydrogen) atoms. The Balaban J connectivity index is 1.80. The predicted molar refractivity (Wildman–Crippen MR) is 92.0 cm³/mol. The minimum absolute atomic E-state index is 0.709. The van der Waals surface area contributed by atoms with Gasteiger partial charge in [0.1, 0.15) is 12.1 Å². The molecule has 4 rings (SSSR count). The van der Waals surface area contributed by atoms with Gasteiger partial charge in [0, 0.05) is 13.1 Å². The first-order valence-corrected chi connectivity index (χ1v) is 8.23. The fraction of sp³-hybridized carbons (Fsp3) is 0.389. The van der Waals surface area contributed by atoms with E-state index in [0.717, 1.165) is 35.6 Å². The summed E-state index contributed by atoms with van der Waals surface area (Å²) in [5, 5.41) is 5.60. The average Bonchev–Trinajstić information content (AvgIpc) is 2.99. The van der Waals surface area contributed by atoms with Crippen LogP contribution in [-0.4, -0.2) is 32.8 Å². The van der Waals surface area contributed by atoms with Crippen molar-refractivity contribution in [1.29, 1.82) is 0 Å². The summed E-state index contributed by atoms with van der Waals surface area (Å²) in [7, 11) is 0. The van der Waals surface area contributed by atoms with Crippen molar-refractivity contribution in [2.45, 2.75) is 26.7 Å². The number of hydrogen-bond donors (Lipinski definition) is 0. The number of aromatic nitrogens is 4. The van der Waals surface area contributed by atoms with Crippen LogP contribution in [0.5, 0.6) is 0 Å². The summed E-state index contributed by atoms with van der Waals surface area (Å²) in [6.07, 6.45) is 6.07. The van der Waals surface area contributed by atoms with E-state index in [-0.39, 0.29) is 0 Å². The van der Waals surface area contributed by atoms with Crippen molar-refractivity contribution in [3.63, 3.8) is 0 Å². The molecule has 5 heteroatoms. The highest BCUT2D eigenvalue weighted by molar-refractivity contribution is 5.87. The van der Waals surface area contributed by atoms with Crippen molar-refractivity contribution in [2.75, 3.05) is 18.0 Å². The summed E-state index contributed by atoms with van der Waals surface area (Å²) in [5.74, 6) is 1.72. The lowest BCUT2D eigenvalue weighted by atomic mass is 10.0. The van der Waals surface area contributed by atoms with Crippen LogP contribution in [-0.2, 0) is 0 Å². The molecule has 3 aromatic rings. The number of fused-ring (bicyclic) bond motifs is 1. The van der Waals surface area contributed by atoms with Crippen LogP contribution in [0, 0.1) is 12.8 Å². The molecule has 0 amide bonds. The van der Waals surface area contributed by atoms with Crippen molar-refractivity contribution < 1.29 is 0 Å². The molecule has 0 aliphatic carbocycles. The number of hydrogen-bond acceptors (Lipinski definition) is 4. The van der Waals surface area contributed by atoms with E-state index < -0.39 is 0 Å². The Bertz CT molecular complexity index is 838. The second-order valence-corrected chi connectivity index (χ2v) is 6.52. The fourth-order valence-electron chi connectivity index (χ4n) is 3.41. The third-order valence-electron chi connectivity index (χ3n) is 4.55. The van der Waals surface area contributed by atoms with Crippen LogP contribution in [0.25, 0.3) is 16.7 Å². The van der Waals surface area contributed by atoms with E-state index in [1.165, 1.54) is 18.4 Å². The highest BCUT2D eigenvalue weighted by Crippen LogP contribution is 2.28. The normalized spacial score (nSPS) is 18.5. The Morgan fingerprint density at radius 3 is 2.96 bits per heavy atom.